The van der Waals surface area contributed by atoms with Crippen molar-refractivity contribution in [1.82, 2.24) is 0 Å². The third kappa shape index (κ3) is 3.49. The fraction of sp³-hybridized carbons (Fsp3) is 0.280. The topological polar surface area (TPSA) is 49.7 Å². The van der Waals surface area contributed by atoms with Crippen LogP contribution in [0.3, 0.4) is 0 Å². The van der Waals surface area contributed by atoms with Gasteiger partial charge in [0.05, 0.1) is 18.8 Å². The Morgan fingerprint density at radius 1 is 0.679 bits per heavy atom. The first kappa shape index (κ1) is 18.9. The Labute approximate surface area is 166 Å². The molecule has 2 N–H and O–H groups in total. The first-order valence-electron chi connectivity index (χ1n) is 9.88. The molecular weight excluding hydrogens is 348 g/mol. The Morgan fingerprint density at radius 2 is 1.11 bits per heavy atom. The Morgan fingerprint density at radius 3 is 1.46 bits per heavy atom. The van der Waals surface area contributed by atoms with Gasteiger partial charge in [0.25, 0.3) is 0 Å². The van der Waals surface area contributed by atoms with Crippen LogP contribution < -0.4 is 0 Å². The molecule has 0 radical (unpaired) electrons. The smallest absolute Gasteiger partial charge is 0.143 e. The first-order chi connectivity index (χ1) is 13.7. The molecule has 144 valence electrons. The van der Waals surface area contributed by atoms with E-state index < -0.39 is 17.8 Å². The second-order valence-electron chi connectivity index (χ2n) is 7.49. The van der Waals surface area contributed by atoms with Crippen molar-refractivity contribution >= 4 is 0 Å². The lowest BCUT2D eigenvalue weighted by molar-refractivity contribution is -0.0478. The lowest BCUT2D eigenvalue weighted by Gasteiger charge is -2.37. The van der Waals surface area contributed by atoms with Gasteiger partial charge in [-0.25, -0.2) is 0 Å². The second kappa shape index (κ2) is 8.27. The minimum absolute atomic E-state index is 0.0782. The fourth-order valence-corrected chi connectivity index (χ4v) is 4.22. The molecule has 0 spiro atoms. The summed E-state index contributed by atoms with van der Waals surface area (Å²) in [5.74, 6) is -0.0782. The van der Waals surface area contributed by atoms with Crippen LogP contribution in [0, 0.1) is 5.92 Å². The van der Waals surface area contributed by atoms with Crippen molar-refractivity contribution in [2.24, 2.45) is 5.92 Å². The number of hydrogen-bond acceptors (Lipinski definition) is 3. The van der Waals surface area contributed by atoms with Gasteiger partial charge in [0.2, 0.25) is 0 Å². The Bertz CT molecular complexity index is 767. The van der Waals surface area contributed by atoms with Crippen LogP contribution in [-0.4, -0.2) is 29.0 Å². The number of benzene rings is 3. The predicted octanol–water partition coefficient (Wildman–Crippen LogP) is 4.13. The number of aliphatic hydroxyl groups is 2. The van der Waals surface area contributed by atoms with Gasteiger partial charge in [-0.3, -0.25) is 0 Å². The molecular formula is C25H26O3. The van der Waals surface area contributed by atoms with Crippen molar-refractivity contribution < 1.29 is 14.9 Å². The molecule has 1 fully saturated rings. The summed E-state index contributed by atoms with van der Waals surface area (Å²) in [5, 5.41) is 20.3. The van der Waals surface area contributed by atoms with Crippen LogP contribution in [-0.2, 0) is 10.3 Å². The van der Waals surface area contributed by atoms with Gasteiger partial charge in [-0.05, 0) is 29.5 Å². The van der Waals surface area contributed by atoms with E-state index >= 15 is 0 Å². The zero-order valence-corrected chi connectivity index (χ0v) is 15.8. The average Bonchev–Trinajstić information content (AvgIpc) is 3.09. The number of hydrogen-bond donors (Lipinski definition) is 2. The lowest BCUT2D eigenvalue weighted by atomic mass is 9.80. The highest BCUT2D eigenvalue weighted by molar-refractivity contribution is 5.47. The van der Waals surface area contributed by atoms with Crippen LogP contribution in [0.1, 0.15) is 29.5 Å². The molecule has 3 heteroatoms. The van der Waals surface area contributed by atoms with Crippen LogP contribution in [0.25, 0.3) is 0 Å². The number of rotatable bonds is 6. The minimum Gasteiger partial charge on any atom is -0.390 e. The summed E-state index contributed by atoms with van der Waals surface area (Å²) in [6.07, 6.45) is -0.0192. The molecule has 4 rings (SSSR count). The highest BCUT2D eigenvalue weighted by atomic mass is 16.5. The highest BCUT2D eigenvalue weighted by Gasteiger charge is 2.40. The zero-order valence-electron chi connectivity index (χ0n) is 15.8. The monoisotopic (exact) mass is 374 g/mol. The molecule has 1 aliphatic carbocycles. The van der Waals surface area contributed by atoms with Crippen LogP contribution in [0.2, 0.25) is 0 Å². The fourth-order valence-electron chi connectivity index (χ4n) is 4.22. The van der Waals surface area contributed by atoms with E-state index in [9.17, 15) is 10.2 Å². The van der Waals surface area contributed by atoms with Crippen molar-refractivity contribution in [3.63, 3.8) is 0 Å². The molecule has 3 aromatic rings. The molecule has 0 aliphatic heterocycles. The van der Waals surface area contributed by atoms with Crippen molar-refractivity contribution in [3.8, 4) is 0 Å². The van der Waals surface area contributed by atoms with Gasteiger partial charge in [0.15, 0.2) is 0 Å². The van der Waals surface area contributed by atoms with Crippen molar-refractivity contribution in [2.75, 3.05) is 6.61 Å². The van der Waals surface area contributed by atoms with Gasteiger partial charge in [0.1, 0.15) is 5.60 Å². The summed E-state index contributed by atoms with van der Waals surface area (Å²) in [5.41, 5.74) is 2.35. The van der Waals surface area contributed by atoms with E-state index in [1.807, 2.05) is 54.6 Å². The number of ether oxygens (including phenoxy) is 1. The molecule has 1 aliphatic rings. The summed E-state index contributed by atoms with van der Waals surface area (Å²) in [6, 6.07) is 30.6. The van der Waals surface area contributed by atoms with Gasteiger partial charge in [0, 0.05) is 5.92 Å². The SMILES string of the molecule is O[C@@H]1[C@H](COC(c2ccccc2)(c2ccccc2)c2ccccc2)CC[C@@H]1O. The lowest BCUT2D eigenvalue weighted by Crippen LogP contribution is -2.37. The van der Waals surface area contributed by atoms with Crippen LogP contribution >= 0.6 is 0 Å². The van der Waals surface area contributed by atoms with Gasteiger partial charge in [-0.15, -0.1) is 0 Å². The largest absolute Gasteiger partial charge is 0.390 e. The Balaban J connectivity index is 1.81. The average molecular weight is 374 g/mol. The normalized spacial score (nSPS) is 22.3. The molecule has 3 atom stereocenters. The van der Waals surface area contributed by atoms with E-state index in [2.05, 4.69) is 36.4 Å². The summed E-state index contributed by atoms with van der Waals surface area (Å²) >= 11 is 0. The first-order valence-corrected chi connectivity index (χ1v) is 9.88. The minimum atomic E-state index is -0.781. The standard InChI is InChI=1S/C25H26O3/c26-23-17-16-19(24(23)27)18-28-25(20-10-4-1-5-11-20,21-12-6-2-7-13-21)22-14-8-3-9-15-22/h1-15,19,23-24,26-27H,16-18H2/t19-,23-,24+/m0/s1. The molecule has 0 saturated heterocycles. The molecule has 0 unspecified atom stereocenters. The maximum absolute atomic E-state index is 10.3. The molecule has 0 aromatic heterocycles. The van der Waals surface area contributed by atoms with E-state index in [1.165, 1.54) is 0 Å². The summed E-state index contributed by atoms with van der Waals surface area (Å²) in [4.78, 5) is 0. The van der Waals surface area contributed by atoms with Crippen molar-refractivity contribution in [1.29, 1.82) is 0 Å². The van der Waals surface area contributed by atoms with E-state index in [0.29, 0.717) is 13.0 Å². The zero-order chi connectivity index (χ0) is 19.4. The van der Waals surface area contributed by atoms with E-state index in [0.717, 1.165) is 23.1 Å². The predicted molar refractivity (Wildman–Crippen MR) is 110 cm³/mol. The molecule has 0 heterocycles. The van der Waals surface area contributed by atoms with Gasteiger partial charge in [-0.1, -0.05) is 91.0 Å². The molecule has 0 bridgehead atoms. The maximum Gasteiger partial charge on any atom is 0.143 e. The maximum atomic E-state index is 10.3. The molecule has 3 aromatic carbocycles. The van der Waals surface area contributed by atoms with E-state index in [1.54, 1.807) is 0 Å². The van der Waals surface area contributed by atoms with E-state index in [-0.39, 0.29) is 5.92 Å². The van der Waals surface area contributed by atoms with Gasteiger partial charge >= 0.3 is 0 Å². The van der Waals surface area contributed by atoms with Gasteiger partial charge in [-0.2, -0.15) is 0 Å². The quantitative estimate of drug-likeness (QED) is 0.638. The van der Waals surface area contributed by atoms with Crippen molar-refractivity contribution in [3.05, 3.63) is 108 Å². The Hall–Kier alpha value is -2.46. The second-order valence-corrected chi connectivity index (χ2v) is 7.49. The van der Waals surface area contributed by atoms with Gasteiger partial charge < -0.3 is 14.9 Å². The summed E-state index contributed by atoms with van der Waals surface area (Å²) in [6.45, 7) is 0.372. The van der Waals surface area contributed by atoms with Crippen molar-refractivity contribution in [2.45, 2.75) is 30.7 Å². The summed E-state index contributed by atoms with van der Waals surface area (Å²) in [7, 11) is 0. The molecule has 28 heavy (non-hydrogen) atoms. The molecule has 0 amide bonds. The third-order valence-electron chi connectivity index (χ3n) is 5.77. The molecule has 3 nitrogen and oxygen atoms in total. The van der Waals surface area contributed by atoms with Crippen LogP contribution in [0.15, 0.2) is 91.0 Å². The van der Waals surface area contributed by atoms with Crippen LogP contribution in [0.4, 0.5) is 0 Å². The highest BCUT2D eigenvalue weighted by Crippen LogP contribution is 2.41. The Kier molecular flexibility index (Phi) is 5.58. The number of aliphatic hydroxyl groups excluding tert-OH is 2. The molecule has 1 saturated carbocycles. The van der Waals surface area contributed by atoms with Crippen LogP contribution in [0.5, 0.6) is 0 Å². The third-order valence-corrected chi connectivity index (χ3v) is 5.77. The van der Waals surface area contributed by atoms with E-state index in [4.69, 9.17) is 4.74 Å². The summed E-state index contributed by atoms with van der Waals surface area (Å²) < 4.78 is 6.72.